The summed E-state index contributed by atoms with van der Waals surface area (Å²) in [7, 11) is 0. The summed E-state index contributed by atoms with van der Waals surface area (Å²) in [6.45, 7) is 12.4. The van der Waals surface area contributed by atoms with Crippen LogP contribution in [0.2, 0.25) is 0 Å². The van der Waals surface area contributed by atoms with Crippen LogP contribution in [0.3, 0.4) is 0 Å². The fourth-order valence-electron chi connectivity index (χ4n) is 2.11. The number of ether oxygens (including phenoxy) is 1. The molecule has 19 heavy (non-hydrogen) atoms. The molecule has 1 fully saturated rings. The first kappa shape index (κ1) is 14.3. The van der Waals surface area contributed by atoms with E-state index in [2.05, 4.69) is 48.1 Å². The standard InChI is InChI=1S/C15H25N3O/c1-15(2,3)13-4-5-14(17-12-13)16-6-7-18-8-10-19-11-9-18/h4-5,12H,6-11H2,1-3H3,(H,16,17). The average Bonchev–Trinajstić information content (AvgIpc) is 2.39. The van der Waals surface area contributed by atoms with Crippen LogP contribution in [0.15, 0.2) is 18.3 Å². The molecule has 2 heterocycles. The summed E-state index contributed by atoms with van der Waals surface area (Å²) in [5.74, 6) is 0.959. The van der Waals surface area contributed by atoms with Gasteiger partial charge in [0.15, 0.2) is 0 Å². The van der Waals surface area contributed by atoms with E-state index in [-0.39, 0.29) is 5.41 Å². The van der Waals surface area contributed by atoms with Crippen LogP contribution in [0.4, 0.5) is 5.82 Å². The van der Waals surface area contributed by atoms with Crippen molar-refractivity contribution in [2.45, 2.75) is 26.2 Å². The zero-order chi connectivity index (χ0) is 13.7. The number of rotatable bonds is 4. The largest absolute Gasteiger partial charge is 0.379 e. The number of aromatic nitrogens is 1. The van der Waals surface area contributed by atoms with Crippen LogP contribution >= 0.6 is 0 Å². The van der Waals surface area contributed by atoms with E-state index in [4.69, 9.17) is 4.74 Å². The van der Waals surface area contributed by atoms with Crippen molar-refractivity contribution in [3.8, 4) is 0 Å². The molecule has 1 N–H and O–H groups in total. The summed E-state index contributed by atoms with van der Waals surface area (Å²) in [6.07, 6.45) is 1.97. The van der Waals surface area contributed by atoms with Crippen molar-refractivity contribution in [1.29, 1.82) is 0 Å². The highest BCUT2D eigenvalue weighted by molar-refractivity contribution is 5.37. The van der Waals surface area contributed by atoms with Gasteiger partial charge in [0.05, 0.1) is 13.2 Å². The smallest absolute Gasteiger partial charge is 0.125 e. The Hall–Kier alpha value is -1.13. The van der Waals surface area contributed by atoms with Crippen LogP contribution < -0.4 is 5.32 Å². The molecular weight excluding hydrogens is 238 g/mol. The molecule has 0 unspecified atom stereocenters. The summed E-state index contributed by atoms with van der Waals surface area (Å²) >= 11 is 0. The molecule has 4 heteroatoms. The van der Waals surface area contributed by atoms with E-state index >= 15 is 0 Å². The zero-order valence-corrected chi connectivity index (χ0v) is 12.3. The molecule has 1 aromatic rings. The molecule has 0 atom stereocenters. The Morgan fingerprint density at radius 1 is 1.26 bits per heavy atom. The molecule has 0 spiro atoms. The third-order valence-corrected chi connectivity index (χ3v) is 3.47. The van der Waals surface area contributed by atoms with E-state index in [9.17, 15) is 0 Å². The van der Waals surface area contributed by atoms with Crippen LogP contribution in [0.1, 0.15) is 26.3 Å². The van der Waals surface area contributed by atoms with E-state index in [1.807, 2.05) is 6.20 Å². The van der Waals surface area contributed by atoms with E-state index in [1.54, 1.807) is 0 Å². The topological polar surface area (TPSA) is 37.4 Å². The van der Waals surface area contributed by atoms with Gasteiger partial charge in [-0.2, -0.15) is 0 Å². The van der Waals surface area contributed by atoms with Crippen molar-refractivity contribution < 1.29 is 4.74 Å². The van der Waals surface area contributed by atoms with Gasteiger partial charge in [-0.25, -0.2) is 4.98 Å². The maximum atomic E-state index is 5.33. The summed E-state index contributed by atoms with van der Waals surface area (Å²) in [5, 5.41) is 3.38. The van der Waals surface area contributed by atoms with Gasteiger partial charge in [0.2, 0.25) is 0 Å². The Balaban J connectivity index is 1.76. The molecule has 1 saturated heterocycles. The fraction of sp³-hybridized carbons (Fsp3) is 0.667. The van der Waals surface area contributed by atoms with Crippen molar-refractivity contribution in [1.82, 2.24) is 9.88 Å². The van der Waals surface area contributed by atoms with Gasteiger partial charge in [-0.15, -0.1) is 0 Å². The molecule has 0 amide bonds. The Morgan fingerprint density at radius 2 is 2.00 bits per heavy atom. The second-order valence-electron chi connectivity index (χ2n) is 6.06. The van der Waals surface area contributed by atoms with Gasteiger partial charge in [0, 0.05) is 32.4 Å². The fourth-order valence-corrected chi connectivity index (χ4v) is 2.11. The van der Waals surface area contributed by atoms with E-state index < -0.39 is 0 Å². The van der Waals surface area contributed by atoms with Crippen LogP contribution in [0.5, 0.6) is 0 Å². The molecule has 0 aliphatic carbocycles. The molecular formula is C15H25N3O. The minimum Gasteiger partial charge on any atom is -0.379 e. The van der Waals surface area contributed by atoms with E-state index in [0.717, 1.165) is 45.2 Å². The summed E-state index contributed by atoms with van der Waals surface area (Å²) < 4.78 is 5.33. The number of pyridine rings is 1. The molecule has 0 radical (unpaired) electrons. The van der Waals surface area contributed by atoms with Crippen molar-refractivity contribution in [2.75, 3.05) is 44.7 Å². The summed E-state index contributed by atoms with van der Waals surface area (Å²) in [6, 6.07) is 4.23. The molecule has 1 aliphatic rings. The van der Waals surface area contributed by atoms with E-state index in [1.165, 1.54) is 5.56 Å². The third-order valence-electron chi connectivity index (χ3n) is 3.47. The first-order chi connectivity index (χ1) is 9.05. The lowest BCUT2D eigenvalue weighted by Crippen LogP contribution is -2.39. The molecule has 0 aromatic carbocycles. The average molecular weight is 263 g/mol. The van der Waals surface area contributed by atoms with Crippen molar-refractivity contribution >= 4 is 5.82 Å². The van der Waals surface area contributed by atoms with Crippen molar-refractivity contribution in [3.63, 3.8) is 0 Å². The summed E-state index contributed by atoms with van der Waals surface area (Å²) in [4.78, 5) is 6.89. The number of hydrogen-bond acceptors (Lipinski definition) is 4. The quantitative estimate of drug-likeness (QED) is 0.903. The van der Waals surface area contributed by atoms with Gasteiger partial charge >= 0.3 is 0 Å². The predicted octanol–water partition coefficient (Wildman–Crippen LogP) is 2.12. The number of nitrogens with one attached hydrogen (secondary N) is 1. The Morgan fingerprint density at radius 3 is 2.58 bits per heavy atom. The number of hydrogen-bond donors (Lipinski definition) is 1. The maximum Gasteiger partial charge on any atom is 0.125 e. The second-order valence-corrected chi connectivity index (χ2v) is 6.06. The van der Waals surface area contributed by atoms with Crippen LogP contribution in [-0.2, 0) is 10.2 Å². The number of morpholine rings is 1. The molecule has 4 nitrogen and oxygen atoms in total. The lowest BCUT2D eigenvalue weighted by atomic mass is 9.88. The molecule has 0 saturated carbocycles. The van der Waals surface area contributed by atoms with Gasteiger partial charge in [-0.05, 0) is 17.0 Å². The number of anilines is 1. The zero-order valence-electron chi connectivity index (χ0n) is 12.3. The molecule has 0 bridgehead atoms. The molecule has 106 valence electrons. The van der Waals surface area contributed by atoms with Crippen molar-refractivity contribution in [3.05, 3.63) is 23.9 Å². The monoisotopic (exact) mass is 263 g/mol. The van der Waals surface area contributed by atoms with Gasteiger partial charge in [-0.1, -0.05) is 26.8 Å². The van der Waals surface area contributed by atoms with Gasteiger partial charge in [0.1, 0.15) is 5.82 Å². The minimum absolute atomic E-state index is 0.166. The normalized spacial score (nSPS) is 17.4. The predicted molar refractivity (Wildman–Crippen MR) is 78.7 cm³/mol. The van der Waals surface area contributed by atoms with E-state index in [0.29, 0.717) is 0 Å². The molecule has 2 rings (SSSR count). The Labute approximate surface area is 116 Å². The summed E-state index contributed by atoms with van der Waals surface area (Å²) in [5.41, 5.74) is 1.44. The Bertz CT molecular complexity index is 377. The van der Waals surface area contributed by atoms with Gasteiger partial charge in [-0.3, -0.25) is 4.90 Å². The Kier molecular flexibility index (Phi) is 4.77. The highest BCUT2D eigenvalue weighted by atomic mass is 16.5. The van der Waals surface area contributed by atoms with Crippen LogP contribution in [-0.4, -0.2) is 49.3 Å². The molecule has 1 aliphatic heterocycles. The van der Waals surface area contributed by atoms with Crippen molar-refractivity contribution in [2.24, 2.45) is 0 Å². The van der Waals surface area contributed by atoms with Crippen LogP contribution in [0, 0.1) is 0 Å². The molecule has 1 aromatic heterocycles. The van der Waals surface area contributed by atoms with Crippen LogP contribution in [0.25, 0.3) is 0 Å². The highest BCUT2D eigenvalue weighted by Crippen LogP contribution is 2.21. The minimum atomic E-state index is 0.166. The lowest BCUT2D eigenvalue weighted by Gasteiger charge is -2.26. The third kappa shape index (κ3) is 4.48. The van der Waals surface area contributed by atoms with Gasteiger partial charge in [0.25, 0.3) is 0 Å². The SMILES string of the molecule is CC(C)(C)c1ccc(NCCN2CCOCC2)nc1. The first-order valence-electron chi connectivity index (χ1n) is 7.06. The maximum absolute atomic E-state index is 5.33. The second kappa shape index (κ2) is 6.35. The first-order valence-corrected chi connectivity index (χ1v) is 7.06. The van der Waals surface area contributed by atoms with Gasteiger partial charge < -0.3 is 10.1 Å². The lowest BCUT2D eigenvalue weighted by molar-refractivity contribution is 0.0398. The highest BCUT2D eigenvalue weighted by Gasteiger charge is 2.13. The number of nitrogens with zero attached hydrogens (tertiary/aromatic N) is 2.